The van der Waals surface area contributed by atoms with Crippen LogP contribution in [-0.2, 0) is 0 Å². The second-order valence-corrected chi connectivity index (χ2v) is 5.11. The Bertz CT molecular complexity index is 596. The average Bonchev–Trinajstić information content (AvgIpc) is 2.34. The highest BCUT2D eigenvalue weighted by molar-refractivity contribution is 9.10. The molecule has 0 aliphatic carbocycles. The summed E-state index contributed by atoms with van der Waals surface area (Å²) in [5.74, 6) is 1.20. The molecule has 18 heavy (non-hydrogen) atoms. The van der Waals surface area contributed by atoms with Crippen molar-refractivity contribution in [3.05, 3.63) is 57.0 Å². The van der Waals surface area contributed by atoms with E-state index in [1.54, 1.807) is 18.2 Å². The lowest BCUT2D eigenvalue weighted by Gasteiger charge is -2.10. The van der Waals surface area contributed by atoms with E-state index in [4.69, 9.17) is 16.3 Å². The Balaban J connectivity index is 2.31. The van der Waals surface area contributed by atoms with Crippen LogP contribution in [-0.4, -0.2) is 6.29 Å². The zero-order chi connectivity index (χ0) is 13.1. The summed E-state index contributed by atoms with van der Waals surface area (Å²) in [5, 5.41) is 0.409. The topological polar surface area (TPSA) is 26.3 Å². The Morgan fingerprint density at radius 3 is 2.50 bits per heavy atom. The monoisotopic (exact) mass is 324 g/mol. The van der Waals surface area contributed by atoms with Crippen LogP contribution in [0.2, 0.25) is 5.02 Å². The minimum absolute atomic E-state index is 0.409. The largest absolute Gasteiger partial charge is 0.455 e. The first-order valence-corrected chi connectivity index (χ1v) is 6.46. The van der Waals surface area contributed by atoms with Crippen molar-refractivity contribution in [2.24, 2.45) is 0 Å². The fraction of sp³-hybridized carbons (Fsp3) is 0.0714. The van der Waals surface area contributed by atoms with Gasteiger partial charge in [0.2, 0.25) is 0 Å². The molecular formula is C14H10BrClO2. The van der Waals surface area contributed by atoms with Crippen molar-refractivity contribution in [2.75, 3.05) is 0 Å². The Hall–Kier alpha value is -1.32. The first-order valence-electron chi connectivity index (χ1n) is 5.29. The minimum atomic E-state index is 0.409. The van der Waals surface area contributed by atoms with E-state index in [9.17, 15) is 4.79 Å². The van der Waals surface area contributed by atoms with E-state index in [-0.39, 0.29) is 0 Å². The molecule has 0 aliphatic rings. The maximum Gasteiger partial charge on any atom is 0.150 e. The van der Waals surface area contributed by atoms with Gasteiger partial charge in [0.1, 0.15) is 17.8 Å². The van der Waals surface area contributed by atoms with Crippen molar-refractivity contribution in [3.8, 4) is 11.5 Å². The molecule has 0 saturated heterocycles. The van der Waals surface area contributed by atoms with E-state index in [0.717, 1.165) is 16.3 Å². The number of aldehydes is 1. The number of benzene rings is 2. The molecule has 0 saturated carbocycles. The number of hydrogen-bond acceptors (Lipinski definition) is 2. The molecule has 0 atom stereocenters. The number of aryl methyl sites for hydroxylation is 1. The number of carbonyl (C=O) groups is 1. The second kappa shape index (κ2) is 5.55. The van der Waals surface area contributed by atoms with Gasteiger partial charge in [0, 0.05) is 5.56 Å². The lowest BCUT2D eigenvalue weighted by atomic mass is 10.2. The Kier molecular flexibility index (Phi) is 4.04. The zero-order valence-corrected chi connectivity index (χ0v) is 12.0. The van der Waals surface area contributed by atoms with Gasteiger partial charge in [-0.15, -0.1) is 0 Å². The predicted molar refractivity (Wildman–Crippen MR) is 75.8 cm³/mol. The minimum Gasteiger partial charge on any atom is -0.455 e. The summed E-state index contributed by atoms with van der Waals surface area (Å²) in [6.45, 7) is 2.00. The van der Waals surface area contributed by atoms with Gasteiger partial charge in [-0.1, -0.05) is 17.7 Å². The van der Waals surface area contributed by atoms with E-state index >= 15 is 0 Å². The molecule has 2 aromatic carbocycles. The van der Waals surface area contributed by atoms with Gasteiger partial charge in [-0.25, -0.2) is 0 Å². The summed E-state index contributed by atoms with van der Waals surface area (Å²) in [6.07, 6.45) is 0.747. The van der Waals surface area contributed by atoms with Crippen LogP contribution in [0.4, 0.5) is 0 Å². The molecule has 0 heterocycles. The van der Waals surface area contributed by atoms with Gasteiger partial charge in [-0.05, 0) is 58.7 Å². The highest BCUT2D eigenvalue weighted by Gasteiger charge is 2.07. The third kappa shape index (κ3) is 2.92. The van der Waals surface area contributed by atoms with Crippen molar-refractivity contribution >= 4 is 33.8 Å². The summed E-state index contributed by atoms with van der Waals surface area (Å²) < 4.78 is 6.56. The molecule has 0 N–H and O–H groups in total. The smallest absolute Gasteiger partial charge is 0.150 e. The fourth-order valence-electron chi connectivity index (χ4n) is 1.48. The number of rotatable bonds is 3. The third-order valence-electron chi connectivity index (χ3n) is 2.40. The molecule has 0 amide bonds. The van der Waals surface area contributed by atoms with Crippen molar-refractivity contribution < 1.29 is 9.53 Å². The second-order valence-electron chi connectivity index (χ2n) is 3.84. The number of ether oxygens (including phenoxy) is 1. The summed E-state index contributed by atoms with van der Waals surface area (Å²) in [6, 6.07) is 10.7. The first-order chi connectivity index (χ1) is 8.60. The maximum atomic E-state index is 10.6. The highest BCUT2D eigenvalue weighted by atomic mass is 79.9. The van der Waals surface area contributed by atoms with Crippen LogP contribution in [0.5, 0.6) is 11.5 Å². The van der Waals surface area contributed by atoms with Gasteiger partial charge in [-0.3, -0.25) is 4.79 Å². The zero-order valence-electron chi connectivity index (χ0n) is 9.61. The Morgan fingerprint density at radius 1 is 1.17 bits per heavy atom. The quantitative estimate of drug-likeness (QED) is 0.741. The maximum absolute atomic E-state index is 10.6. The molecule has 0 spiro atoms. The average molecular weight is 326 g/mol. The van der Waals surface area contributed by atoms with E-state index in [1.165, 1.54) is 0 Å². The van der Waals surface area contributed by atoms with Crippen LogP contribution in [0, 0.1) is 6.92 Å². The van der Waals surface area contributed by atoms with Crippen LogP contribution < -0.4 is 4.74 Å². The Labute approximate surface area is 119 Å². The van der Waals surface area contributed by atoms with Crippen molar-refractivity contribution in [1.82, 2.24) is 0 Å². The normalized spacial score (nSPS) is 10.2. The summed E-state index contributed by atoms with van der Waals surface area (Å²) in [4.78, 5) is 10.6. The lowest BCUT2D eigenvalue weighted by Crippen LogP contribution is -1.88. The van der Waals surface area contributed by atoms with Gasteiger partial charge in [-0.2, -0.15) is 0 Å². The van der Waals surface area contributed by atoms with Crippen LogP contribution in [0.3, 0.4) is 0 Å². The van der Waals surface area contributed by atoms with Crippen LogP contribution in [0.1, 0.15) is 15.9 Å². The number of hydrogen-bond donors (Lipinski definition) is 0. The van der Waals surface area contributed by atoms with Gasteiger partial charge < -0.3 is 4.74 Å². The van der Waals surface area contributed by atoms with Crippen LogP contribution in [0.25, 0.3) is 0 Å². The Morgan fingerprint density at radius 2 is 1.89 bits per heavy atom. The number of carbonyl (C=O) groups excluding carboxylic acids is 1. The van der Waals surface area contributed by atoms with Gasteiger partial charge >= 0.3 is 0 Å². The molecule has 0 radical (unpaired) electrons. The lowest BCUT2D eigenvalue weighted by molar-refractivity contribution is 0.112. The van der Waals surface area contributed by atoms with E-state index < -0.39 is 0 Å². The van der Waals surface area contributed by atoms with Crippen LogP contribution >= 0.6 is 27.5 Å². The predicted octanol–water partition coefficient (Wildman–Crippen LogP) is 5.02. The fourth-order valence-corrected chi connectivity index (χ4v) is 2.28. The standard InChI is InChI=1S/C14H10BrClO2/c1-9-2-4-13(11(15)6-9)18-14-5-3-10(8-17)7-12(14)16/h2-8H,1H3. The SMILES string of the molecule is Cc1ccc(Oc2ccc(C=O)cc2Cl)c(Br)c1. The first kappa shape index (κ1) is 13.1. The molecule has 0 unspecified atom stereocenters. The van der Waals surface area contributed by atoms with Crippen LogP contribution in [0.15, 0.2) is 40.9 Å². The van der Waals surface area contributed by atoms with Crippen molar-refractivity contribution in [2.45, 2.75) is 6.92 Å². The number of halogens is 2. The molecule has 92 valence electrons. The van der Waals surface area contributed by atoms with Gasteiger partial charge in [0.25, 0.3) is 0 Å². The van der Waals surface area contributed by atoms with Gasteiger partial charge in [0.15, 0.2) is 0 Å². The molecule has 0 aromatic heterocycles. The molecule has 2 rings (SSSR count). The molecule has 2 nitrogen and oxygen atoms in total. The molecule has 0 fully saturated rings. The molecule has 0 aliphatic heterocycles. The molecule has 2 aromatic rings. The van der Waals surface area contributed by atoms with E-state index in [0.29, 0.717) is 22.1 Å². The van der Waals surface area contributed by atoms with Gasteiger partial charge in [0.05, 0.1) is 9.50 Å². The molecule has 0 bridgehead atoms. The van der Waals surface area contributed by atoms with Crippen molar-refractivity contribution in [1.29, 1.82) is 0 Å². The summed E-state index contributed by atoms with van der Waals surface area (Å²) >= 11 is 9.48. The van der Waals surface area contributed by atoms with E-state index in [1.807, 2.05) is 25.1 Å². The summed E-state index contributed by atoms with van der Waals surface area (Å²) in [5.41, 5.74) is 1.66. The van der Waals surface area contributed by atoms with E-state index in [2.05, 4.69) is 15.9 Å². The summed E-state index contributed by atoms with van der Waals surface area (Å²) in [7, 11) is 0. The third-order valence-corrected chi connectivity index (χ3v) is 3.31. The molecular weight excluding hydrogens is 316 g/mol. The highest BCUT2D eigenvalue weighted by Crippen LogP contribution is 2.34. The molecule has 4 heteroatoms. The van der Waals surface area contributed by atoms with Crippen molar-refractivity contribution in [3.63, 3.8) is 0 Å².